The molecule has 2 aromatic rings. The van der Waals surface area contributed by atoms with E-state index in [2.05, 4.69) is 19.8 Å². The highest BCUT2D eigenvalue weighted by Gasteiger charge is 2.22. The van der Waals surface area contributed by atoms with E-state index >= 15 is 0 Å². The number of halogens is 1. The van der Waals surface area contributed by atoms with Gasteiger partial charge in [-0.1, -0.05) is 0 Å². The SMILES string of the molecule is O=C(c1cnc(N2CCN(c3ccc(F)cc3)CC2)nc1)N1CCCC1. The Labute approximate surface area is 152 Å². The summed E-state index contributed by atoms with van der Waals surface area (Å²) in [6.45, 7) is 4.87. The van der Waals surface area contributed by atoms with E-state index < -0.39 is 0 Å². The zero-order chi connectivity index (χ0) is 17.9. The van der Waals surface area contributed by atoms with Gasteiger partial charge in [-0.05, 0) is 37.1 Å². The van der Waals surface area contributed by atoms with Crippen LogP contribution in [0.5, 0.6) is 0 Å². The number of piperazine rings is 1. The molecule has 0 bridgehead atoms. The van der Waals surface area contributed by atoms with Crippen LogP contribution >= 0.6 is 0 Å². The first-order chi connectivity index (χ1) is 12.7. The first-order valence-electron chi connectivity index (χ1n) is 9.07. The van der Waals surface area contributed by atoms with Crippen LogP contribution in [-0.2, 0) is 0 Å². The smallest absolute Gasteiger partial charge is 0.256 e. The average molecular weight is 355 g/mol. The van der Waals surface area contributed by atoms with E-state index in [1.165, 1.54) is 12.1 Å². The van der Waals surface area contributed by atoms with Crippen molar-refractivity contribution in [1.29, 1.82) is 0 Å². The summed E-state index contributed by atoms with van der Waals surface area (Å²) in [5.41, 5.74) is 1.58. The highest BCUT2D eigenvalue weighted by Crippen LogP contribution is 2.19. The van der Waals surface area contributed by atoms with Crippen molar-refractivity contribution in [2.45, 2.75) is 12.8 Å². The Morgan fingerprint density at radius 3 is 2.04 bits per heavy atom. The van der Waals surface area contributed by atoms with Gasteiger partial charge < -0.3 is 14.7 Å². The van der Waals surface area contributed by atoms with Gasteiger partial charge in [0.2, 0.25) is 5.95 Å². The fourth-order valence-corrected chi connectivity index (χ4v) is 3.51. The molecule has 2 fully saturated rings. The molecule has 3 heterocycles. The van der Waals surface area contributed by atoms with Crippen molar-refractivity contribution in [3.63, 3.8) is 0 Å². The van der Waals surface area contributed by atoms with Crippen LogP contribution < -0.4 is 9.80 Å². The lowest BCUT2D eigenvalue weighted by Crippen LogP contribution is -2.47. The van der Waals surface area contributed by atoms with E-state index in [0.717, 1.165) is 57.8 Å². The molecule has 0 unspecified atom stereocenters. The highest BCUT2D eigenvalue weighted by atomic mass is 19.1. The molecule has 4 rings (SSSR count). The van der Waals surface area contributed by atoms with Crippen molar-refractivity contribution in [3.8, 4) is 0 Å². The van der Waals surface area contributed by atoms with Crippen molar-refractivity contribution in [2.75, 3.05) is 49.1 Å². The molecule has 0 spiro atoms. The minimum Gasteiger partial charge on any atom is -0.368 e. The maximum atomic E-state index is 13.1. The van der Waals surface area contributed by atoms with E-state index in [1.807, 2.05) is 4.90 Å². The zero-order valence-corrected chi connectivity index (χ0v) is 14.6. The second-order valence-corrected chi connectivity index (χ2v) is 6.72. The molecule has 0 saturated carbocycles. The first kappa shape index (κ1) is 16.8. The Bertz CT molecular complexity index is 751. The molecule has 2 aliphatic heterocycles. The van der Waals surface area contributed by atoms with Gasteiger partial charge in [-0.25, -0.2) is 14.4 Å². The molecule has 2 saturated heterocycles. The molecule has 1 amide bonds. The van der Waals surface area contributed by atoms with Gasteiger partial charge in [0.1, 0.15) is 5.82 Å². The quantitative estimate of drug-likeness (QED) is 0.845. The predicted octanol–water partition coefficient (Wildman–Crippen LogP) is 2.18. The van der Waals surface area contributed by atoms with Crippen LogP contribution in [0.2, 0.25) is 0 Å². The van der Waals surface area contributed by atoms with Crippen LogP contribution in [0.15, 0.2) is 36.7 Å². The van der Waals surface area contributed by atoms with Gasteiger partial charge in [0.05, 0.1) is 5.56 Å². The number of rotatable bonds is 3. The molecule has 1 aromatic heterocycles. The van der Waals surface area contributed by atoms with Crippen molar-refractivity contribution >= 4 is 17.5 Å². The Morgan fingerprint density at radius 2 is 1.42 bits per heavy atom. The van der Waals surface area contributed by atoms with Crippen molar-refractivity contribution in [2.24, 2.45) is 0 Å². The normalized spacial score (nSPS) is 17.7. The van der Waals surface area contributed by atoms with E-state index in [0.29, 0.717) is 11.5 Å². The standard InChI is InChI=1S/C19H22FN5O/c20-16-3-5-17(6-4-16)23-9-11-25(12-10-23)19-21-13-15(14-22-19)18(26)24-7-1-2-8-24/h3-6,13-14H,1-2,7-12H2. The van der Waals surface area contributed by atoms with Crippen LogP contribution in [0.25, 0.3) is 0 Å². The average Bonchev–Trinajstić information content (AvgIpc) is 3.23. The lowest BCUT2D eigenvalue weighted by Gasteiger charge is -2.36. The van der Waals surface area contributed by atoms with E-state index in [1.54, 1.807) is 24.5 Å². The summed E-state index contributed by atoms with van der Waals surface area (Å²) in [5, 5.41) is 0. The minimum atomic E-state index is -0.218. The van der Waals surface area contributed by atoms with Crippen LogP contribution in [0.4, 0.5) is 16.0 Å². The molecule has 0 N–H and O–H groups in total. The predicted molar refractivity (Wildman–Crippen MR) is 98.0 cm³/mol. The molecule has 0 atom stereocenters. The maximum Gasteiger partial charge on any atom is 0.256 e. The molecule has 0 aliphatic carbocycles. The minimum absolute atomic E-state index is 0.0233. The Hall–Kier alpha value is -2.70. The number of likely N-dealkylation sites (tertiary alicyclic amines) is 1. The van der Waals surface area contributed by atoms with Crippen LogP contribution in [0.1, 0.15) is 23.2 Å². The summed E-state index contributed by atoms with van der Waals surface area (Å²) >= 11 is 0. The van der Waals surface area contributed by atoms with Gasteiger partial charge in [-0.15, -0.1) is 0 Å². The zero-order valence-electron chi connectivity index (χ0n) is 14.6. The van der Waals surface area contributed by atoms with Crippen molar-refractivity contribution in [1.82, 2.24) is 14.9 Å². The lowest BCUT2D eigenvalue weighted by molar-refractivity contribution is 0.0792. The van der Waals surface area contributed by atoms with Crippen LogP contribution in [0.3, 0.4) is 0 Å². The summed E-state index contributed by atoms with van der Waals surface area (Å²) in [6.07, 6.45) is 5.41. The molecule has 0 radical (unpaired) electrons. The van der Waals surface area contributed by atoms with Gasteiger partial charge in [-0.3, -0.25) is 4.79 Å². The van der Waals surface area contributed by atoms with Crippen LogP contribution in [0, 0.1) is 5.82 Å². The number of benzene rings is 1. The van der Waals surface area contributed by atoms with Gasteiger partial charge in [0.25, 0.3) is 5.91 Å². The van der Waals surface area contributed by atoms with E-state index in [-0.39, 0.29) is 11.7 Å². The third-order valence-electron chi connectivity index (χ3n) is 5.03. The van der Waals surface area contributed by atoms with Gasteiger partial charge >= 0.3 is 0 Å². The molecule has 6 nitrogen and oxygen atoms in total. The topological polar surface area (TPSA) is 52.6 Å². The number of aromatic nitrogens is 2. The van der Waals surface area contributed by atoms with Crippen LogP contribution in [-0.4, -0.2) is 60.0 Å². The van der Waals surface area contributed by atoms with E-state index in [4.69, 9.17) is 0 Å². The second-order valence-electron chi connectivity index (χ2n) is 6.72. The molecule has 1 aromatic carbocycles. The molecule has 26 heavy (non-hydrogen) atoms. The van der Waals surface area contributed by atoms with E-state index in [9.17, 15) is 9.18 Å². The monoisotopic (exact) mass is 355 g/mol. The summed E-state index contributed by atoms with van der Waals surface area (Å²) < 4.78 is 13.1. The summed E-state index contributed by atoms with van der Waals surface area (Å²) in [6, 6.07) is 6.59. The number of hydrogen-bond donors (Lipinski definition) is 0. The molecular weight excluding hydrogens is 333 g/mol. The Morgan fingerprint density at radius 1 is 0.846 bits per heavy atom. The second kappa shape index (κ2) is 7.27. The number of hydrogen-bond acceptors (Lipinski definition) is 5. The Balaban J connectivity index is 1.37. The third-order valence-corrected chi connectivity index (χ3v) is 5.03. The first-order valence-corrected chi connectivity index (χ1v) is 9.07. The molecule has 7 heteroatoms. The highest BCUT2D eigenvalue weighted by molar-refractivity contribution is 5.93. The fraction of sp³-hybridized carbons (Fsp3) is 0.421. The van der Waals surface area contributed by atoms with Gasteiger partial charge in [0, 0.05) is 57.3 Å². The summed E-state index contributed by atoms with van der Waals surface area (Å²) in [5.74, 6) is 0.460. The number of anilines is 2. The fourth-order valence-electron chi connectivity index (χ4n) is 3.51. The Kier molecular flexibility index (Phi) is 4.69. The van der Waals surface area contributed by atoms with Crippen molar-refractivity contribution < 1.29 is 9.18 Å². The third kappa shape index (κ3) is 3.47. The maximum absolute atomic E-state index is 13.1. The number of amides is 1. The lowest BCUT2D eigenvalue weighted by atomic mass is 10.2. The molecule has 136 valence electrons. The number of carbonyl (C=O) groups is 1. The largest absolute Gasteiger partial charge is 0.368 e. The number of nitrogens with zero attached hydrogens (tertiary/aromatic N) is 5. The van der Waals surface area contributed by atoms with Gasteiger partial charge in [0.15, 0.2) is 0 Å². The molecular formula is C19H22FN5O. The molecule has 2 aliphatic rings. The summed E-state index contributed by atoms with van der Waals surface area (Å²) in [4.78, 5) is 27.4. The van der Waals surface area contributed by atoms with Crippen molar-refractivity contribution in [3.05, 3.63) is 48.0 Å². The summed E-state index contributed by atoms with van der Waals surface area (Å²) in [7, 11) is 0. The number of carbonyl (C=O) groups excluding carboxylic acids is 1. The van der Waals surface area contributed by atoms with Gasteiger partial charge in [-0.2, -0.15) is 0 Å².